The second-order valence-corrected chi connectivity index (χ2v) is 7.96. The van der Waals surface area contributed by atoms with Crippen LogP contribution in [0.5, 0.6) is 0 Å². The third-order valence-electron chi connectivity index (χ3n) is 5.94. The number of hydrogen-bond acceptors (Lipinski definition) is 4. The Hall–Kier alpha value is -1.92. The zero-order chi connectivity index (χ0) is 19.8. The van der Waals surface area contributed by atoms with Gasteiger partial charge in [-0.2, -0.15) is 0 Å². The second-order valence-electron chi connectivity index (χ2n) is 7.96. The van der Waals surface area contributed by atoms with Crippen molar-refractivity contribution in [3.05, 3.63) is 35.9 Å². The summed E-state index contributed by atoms with van der Waals surface area (Å²) < 4.78 is 0. The quantitative estimate of drug-likeness (QED) is 0.775. The first-order chi connectivity index (χ1) is 13.7. The molecule has 1 atom stereocenters. The number of likely N-dealkylation sites (tertiary alicyclic amines) is 1. The molecule has 0 radical (unpaired) electrons. The topological polar surface area (TPSA) is 55.9 Å². The number of benzene rings is 1. The van der Waals surface area contributed by atoms with E-state index in [0.717, 1.165) is 57.5 Å². The fourth-order valence-corrected chi connectivity index (χ4v) is 4.20. The standard InChI is InChI=1S/C22H34N4O2/c1-2-20-10-6-7-11-26(20)22(28)18-25-14-12-24(13-15-25)17-21(27)23-16-19-8-4-3-5-9-19/h3-5,8-9,20H,2,6-7,10-18H2,1H3,(H,23,27)/t20-/m1/s1. The van der Waals surface area contributed by atoms with Crippen molar-refractivity contribution >= 4 is 11.8 Å². The Morgan fingerprint density at radius 2 is 1.64 bits per heavy atom. The van der Waals surface area contributed by atoms with E-state index in [1.165, 1.54) is 6.42 Å². The first-order valence-electron chi connectivity index (χ1n) is 10.7. The van der Waals surface area contributed by atoms with Crippen molar-refractivity contribution in [1.29, 1.82) is 0 Å². The Morgan fingerprint density at radius 3 is 2.32 bits per heavy atom. The van der Waals surface area contributed by atoms with Gasteiger partial charge in [-0.3, -0.25) is 19.4 Å². The number of carbonyl (C=O) groups excluding carboxylic acids is 2. The zero-order valence-corrected chi connectivity index (χ0v) is 17.1. The minimum Gasteiger partial charge on any atom is -0.351 e. The molecule has 3 rings (SSSR count). The molecule has 6 heteroatoms. The molecule has 0 aliphatic carbocycles. The normalized spacial score (nSPS) is 21.5. The van der Waals surface area contributed by atoms with Gasteiger partial charge in [0.1, 0.15) is 0 Å². The molecule has 6 nitrogen and oxygen atoms in total. The van der Waals surface area contributed by atoms with Gasteiger partial charge in [0.25, 0.3) is 0 Å². The molecular formula is C22H34N4O2. The maximum Gasteiger partial charge on any atom is 0.236 e. The van der Waals surface area contributed by atoms with Gasteiger partial charge in [-0.1, -0.05) is 37.3 Å². The van der Waals surface area contributed by atoms with Crippen LogP contribution in [0.4, 0.5) is 0 Å². The number of nitrogens with one attached hydrogen (secondary N) is 1. The number of nitrogens with zero attached hydrogens (tertiary/aromatic N) is 3. The molecule has 0 spiro atoms. The summed E-state index contributed by atoms with van der Waals surface area (Å²) in [5, 5.41) is 2.99. The molecule has 2 amide bonds. The molecule has 2 saturated heterocycles. The lowest BCUT2D eigenvalue weighted by Gasteiger charge is -2.38. The van der Waals surface area contributed by atoms with E-state index in [0.29, 0.717) is 25.7 Å². The number of hydrogen-bond donors (Lipinski definition) is 1. The van der Waals surface area contributed by atoms with Crippen LogP contribution in [0.2, 0.25) is 0 Å². The van der Waals surface area contributed by atoms with Crippen LogP contribution in [0.15, 0.2) is 30.3 Å². The summed E-state index contributed by atoms with van der Waals surface area (Å²) in [5.41, 5.74) is 1.11. The highest BCUT2D eigenvalue weighted by molar-refractivity contribution is 5.79. The lowest BCUT2D eigenvalue weighted by Crippen LogP contribution is -2.53. The fraction of sp³-hybridized carbons (Fsp3) is 0.636. The van der Waals surface area contributed by atoms with Crippen molar-refractivity contribution in [2.75, 3.05) is 45.8 Å². The summed E-state index contributed by atoms with van der Waals surface area (Å²) in [5.74, 6) is 0.341. The first kappa shape index (κ1) is 20.8. The highest BCUT2D eigenvalue weighted by Crippen LogP contribution is 2.19. The van der Waals surface area contributed by atoms with Crippen LogP contribution >= 0.6 is 0 Å². The molecule has 0 bridgehead atoms. The van der Waals surface area contributed by atoms with Crippen molar-refractivity contribution < 1.29 is 9.59 Å². The van der Waals surface area contributed by atoms with Gasteiger partial charge in [0, 0.05) is 45.3 Å². The van der Waals surface area contributed by atoms with E-state index in [1.54, 1.807) is 0 Å². The van der Waals surface area contributed by atoms with Crippen LogP contribution < -0.4 is 5.32 Å². The highest BCUT2D eigenvalue weighted by Gasteiger charge is 2.27. The Bertz CT molecular complexity index is 629. The Balaban J connectivity index is 1.36. The summed E-state index contributed by atoms with van der Waals surface area (Å²) in [6, 6.07) is 10.4. The van der Waals surface area contributed by atoms with Crippen molar-refractivity contribution in [2.24, 2.45) is 0 Å². The number of piperidine rings is 1. The molecule has 1 aromatic rings. The summed E-state index contributed by atoms with van der Waals surface area (Å²) in [6.07, 6.45) is 4.58. The summed E-state index contributed by atoms with van der Waals surface area (Å²) in [6.45, 7) is 7.99. The second kappa shape index (κ2) is 10.6. The number of amides is 2. The Kier molecular flexibility index (Phi) is 7.86. The van der Waals surface area contributed by atoms with Crippen LogP contribution in [-0.2, 0) is 16.1 Å². The molecule has 2 fully saturated rings. The van der Waals surface area contributed by atoms with Crippen LogP contribution in [0.3, 0.4) is 0 Å². The van der Waals surface area contributed by atoms with Gasteiger partial charge in [-0.25, -0.2) is 0 Å². The first-order valence-corrected chi connectivity index (χ1v) is 10.7. The minimum absolute atomic E-state index is 0.0625. The van der Waals surface area contributed by atoms with E-state index in [-0.39, 0.29) is 11.8 Å². The fourth-order valence-electron chi connectivity index (χ4n) is 4.20. The molecule has 0 unspecified atom stereocenters. The molecule has 1 aromatic carbocycles. The lowest BCUT2D eigenvalue weighted by atomic mass is 10.00. The summed E-state index contributed by atoms with van der Waals surface area (Å²) >= 11 is 0. The van der Waals surface area contributed by atoms with Crippen molar-refractivity contribution in [3.63, 3.8) is 0 Å². The molecule has 2 heterocycles. The average molecular weight is 387 g/mol. The molecule has 154 valence electrons. The average Bonchev–Trinajstić information content (AvgIpc) is 2.74. The van der Waals surface area contributed by atoms with Crippen molar-refractivity contribution in [2.45, 2.75) is 45.2 Å². The van der Waals surface area contributed by atoms with E-state index in [1.807, 2.05) is 30.3 Å². The number of carbonyl (C=O) groups is 2. The van der Waals surface area contributed by atoms with Gasteiger partial charge in [0.15, 0.2) is 0 Å². The lowest BCUT2D eigenvalue weighted by molar-refractivity contribution is -0.137. The monoisotopic (exact) mass is 386 g/mol. The minimum atomic E-state index is 0.0625. The third kappa shape index (κ3) is 6.04. The van der Waals surface area contributed by atoms with Gasteiger partial charge in [-0.15, -0.1) is 0 Å². The Labute approximate surface area is 168 Å². The van der Waals surface area contributed by atoms with Crippen LogP contribution in [0, 0.1) is 0 Å². The molecule has 0 saturated carbocycles. The van der Waals surface area contributed by atoms with E-state index in [2.05, 4.69) is 26.9 Å². The van der Waals surface area contributed by atoms with Gasteiger partial charge in [0.05, 0.1) is 13.1 Å². The predicted octanol–water partition coefficient (Wildman–Crippen LogP) is 1.71. The molecule has 0 aromatic heterocycles. The predicted molar refractivity (Wildman–Crippen MR) is 111 cm³/mol. The largest absolute Gasteiger partial charge is 0.351 e. The van der Waals surface area contributed by atoms with Gasteiger partial charge in [0.2, 0.25) is 11.8 Å². The number of rotatable bonds is 7. The molecule has 2 aliphatic heterocycles. The van der Waals surface area contributed by atoms with Crippen LogP contribution in [0.1, 0.15) is 38.2 Å². The number of piperazine rings is 1. The van der Waals surface area contributed by atoms with Gasteiger partial charge < -0.3 is 10.2 Å². The zero-order valence-electron chi connectivity index (χ0n) is 17.1. The van der Waals surface area contributed by atoms with Crippen LogP contribution in [0.25, 0.3) is 0 Å². The summed E-state index contributed by atoms with van der Waals surface area (Å²) in [4.78, 5) is 31.4. The van der Waals surface area contributed by atoms with E-state index < -0.39 is 0 Å². The van der Waals surface area contributed by atoms with Crippen LogP contribution in [-0.4, -0.2) is 78.4 Å². The van der Waals surface area contributed by atoms with Gasteiger partial charge in [-0.05, 0) is 31.2 Å². The van der Waals surface area contributed by atoms with E-state index >= 15 is 0 Å². The van der Waals surface area contributed by atoms with Gasteiger partial charge >= 0.3 is 0 Å². The van der Waals surface area contributed by atoms with Crippen molar-refractivity contribution in [1.82, 2.24) is 20.0 Å². The smallest absolute Gasteiger partial charge is 0.236 e. The molecule has 1 N–H and O–H groups in total. The van der Waals surface area contributed by atoms with E-state index in [4.69, 9.17) is 0 Å². The molecular weight excluding hydrogens is 352 g/mol. The molecule has 28 heavy (non-hydrogen) atoms. The SMILES string of the molecule is CC[C@@H]1CCCCN1C(=O)CN1CCN(CC(=O)NCc2ccccc2)CC1. The van der Waals surface area contributed by atoms with E-state index in [9.17, 15) is 9.59 Å². The van der Waals surface area contributed by atoms with Crippen molar-refractivity contribution in [3.8, 4) is 0 Å². The Morgan fingerprint density at radius 1 is 0.964 bits per heavy atom. The highest BCUT2D eigenvalue weighted by atomic mass is 16.2. The summed E-state index contributed by atoms with van der Waals surface area (Å²) in [7, 11) is 0. The maximum absolute atomic E-state index is 12.7. The molecule has 2 aliphatic rings. The third-order valence-corrected chi connectivity index (χ3v) is 5.94. The maximum atomic E-state index is 12.7.